The van der Waals surface area contributed by atoms with Crippen LogP contribution in [0, 0.1) is 12.7 Å². The molecule has 78 valence electrons. The molecule has 1 aromatic rings. The third-order valence-corrected chi connectivity index (χ3v) is 2.82. The summed E-state index contributed by atoms with van der Waals surface area (Å²) < 4.78 is 13.1. The SMILES string of the molecule is CNC(CSC)c1cc(C)cc(F)c1. The van der Waals surface area contributed by atoms with Gasteiger partial charge in [0, 0.05) is 11.8 Å². The molecule has 0 amide bonds. The van der Waals surface area contributed by atoms with E-state index in [1.807, 2.05) is 20.0 Å². The number of rotatable bonds is 4. The van der Waals surface area contributed by atoms with Crippen molar-refractivity contribution in [2.75, 3.05) is 19.1 Å². The van der Waals surface area contributed by atoms with E-state index in [1.165, 1.54) is 0 Å². The standard InChI is InChI=1S/C11H16FNS/c1-8-4-9(6-10(12)5-8)11(13-2)7-14-3/h4-6,11,13H,7H2,1-3H3. The Morgan fingerprint density at radius 2 is 2.14 bits per heavy atom. The summed E-state index contributed by atoms with van der Waals surface area (Å²) in [5, 5.41) is 3.19. The maximum atomic E-state index is 13.1. The number of aryl methyl sites for hydroxylation is 1. The van der Waals surface area contributed by atoms with Crippen LogP contribution in [0.1, 0.15) is 17.2 Å². The largest absolute Gasteiger partial charge is 0.312 e. The van der Waals surface area contributed by atoms with Gasteiger partial charge in [0.2, 0.25) is 0 Å². The Kier molecular flexibility index (Phi) is 4.42. The first-order valence-electron chi connectivity index (χ1n) is 4.60. The Hall–Kier alpha value is -0.540. The van der Waals surface area contributed by atoms with E-state index < -0.39 is 0 Å². The second-order valence-corrected chi connectivity index (χ2v) is 4.27. The fourth-order valence-corrected chi connectivity index (χ4v) is 2.17. The molecule has 0 fully saturated rings. The Labute approximate surface area is 89.1 Å². The first-order chi connectivity index (χ1) is 6.67. The van der Waals surface area contributed by atoms with Gasteiger partial charge in [-0.3, -0.25) is 0 Å². The third-order valence-electron chi connectivity index (χ3n) is 2.15. The van der Waals surface area contributed by atoms with Gasteiger partial charge in [0.25, 0.3) is 0 Å². The van der Waals surface area contributed by atoms with E-state index in [1.54, 1.807) is 23.9 Å². The summed E-state index contributed by atoms with van der Waals surface area (Å²) in [7, 11) is 1.90. The Balaban J connectivity index is 2.91. The molecule has 0 radical (unpaired) electrons. The number of thioether (sulfide) groups is 1. The van der Waals surface area contributed by atoms with Crippen LogP contribution in [0.25, 0.3) is 0 Å². The summed E-state index contributed by atoms with van der Waals surface area (Å²) in [6, 6.07) is 5.42. The molecular formula is C11H16FNS. The molecule has 0 aliphatic rings. The first kappa shape index (κ1) is 11.5. The molecule has 0 spiro atoms. The van der Waals surface area contributed by atoms with Gasteiger partial charge in [-0.05, 0) is 43.5 Å². The van der Waals surface area contributed by atoms with Crippen LogP contribution in [0.2, 0.25) is 0 Å². The lowest BCUT2D eigenvalue weighted by molar-refractivity contribution is 0.610. The molecule has 1 nitrogen and oxygen atoms in total. The van der Waals surface area contributed by atoms with Crippen molar-refractivity contribution in [2.45, 2.75) is 13.0 Å². The Morgan fingerprint density at radius 1 is 1.43 bits per heavy atom. The highest BCUT2D eigenvalue weighted by atomic mass is 32.2. The summed E-state index contributed by atoms with van der Waals surface area (Å²) in [6.07, 6.45) is 2.05. The molecule has 3 heteroatoms. The van der Waals surface area contributed by atoms with Crippen molar-refractivity contribution < 1.29 is 4.39 Å². The van der Waals surface area contributed by atoms with E-state index >= 15 is 0 Å². The number of hydrogen-bond acceptors (Lipinski definition) is 2. The van der Waals surface area contributed by atoms with Gasteiger partial charge in [0.1, 0.15) is 5.82 Å². The Morgan fingerprint density at radius 3 is 2.64 bits per heavy atom. The van der Waals surface area contributed by atoms with E-state index in [0.29, 0.717) is 0 Å². The molecule has 0 bridgehead atoms. The summed E-state index contributed by atoms with van der Waals surface area (Å²) in [5.41, 5.74) is 2.00. The van der Waals surface area contributed by atoms with Crippen LogP contribution >= 0.6 is 11.8 Å². The van der Waals surface area contributed by atoms with Crippen molar-refractivity contribution in [3.05, 3.63) is 35.1 Å². The summed E-state index contributed by atoms with van der Waals surface area (Å²) in [5.74, 6) is 0.806. The highest BCUT2D eigenvalue weighted by Crippen LogP contribution is 2.19. The monoisotopic (exact) mass is 213 g/mol. The maximum Gasteiger partial charge on any atom is 0.123 e. The van der Waals surface area contributed by atoms with Crippen molar-refractivity contribution in [1.82, 2.24) is 5.32 Å². The van der Waals surface area contributed by atoms with E-state index in [0.717, 1.165) is 16.9 Å². The van der Waals surface area contributed by atoms with E-state index in [9.17, 15) is 4.39 Å². The van der Waals surface area contributed by atoms with Gasteiger partial charge in [-0.1, -0.05) is 6.07 Å². The molecule has 1 aromatic carbocycles. The van der Waals surface area contributed by atoms with Gasteiger partial charge >= 0.3 is 0 Å². The average molecular weight is 213 g/mol. The zero-order valence-electron chi connectivity index (χ0n) is 8.80. The summed E-state index contributed by atoms with van der Waals surface area (Å²) >= 11 is 1.76. The quantitative estimate of drug-likeness (QED) is 0.825. The highest BCUT2D eigenvalue weighted by molar-refractivity contribution is 7.98. The minimum Gasteiger partial charge on any atom is -0.312 e. The molecule has 0 aliphatic carbocycles. The Bertz CT molecular complexity index is 281. The van der Waals surface area contributed by atoms with Gasteiger partial charge in [0.15, 0.2) is 0 Å². The number of benzene rings is 1. The lowest BCUT2D eigenvalue weighted by Gasteiger charge is -2.15. The molecular weight excluding hydrogens is 197 g/mol. The fraction of sp³-hybridized carbons (Fsp3) is 0.455. The van der Waals surface area contributed by atoms with E-state index in [4.69, 9.17) is 0 Å². The average Bonchev–Trinajstić information content (AvgIpc) is 2.12. The molecule has 1 N–H and O–H groups in total. The normalized spacial score (nSPS) is 12.9. The van der Waals surface area contributed by atoms with Gasteiger partial charge < -0.3 is 5.32 Å². The smallest absolute Gasteiger partial charge is 0.123 e. The second-order valence-electron chi connectivity index (χ2n) is 3.36. The minimum absolute atomic E-state index is 0.152. The van der Waals surface area contributed by atoms with Crippen molar-refractivity contribution >= 4 is 11.8 Å². The van der Waals surface area contributed by atoms with Crippen LogP contribution < -0.4 is 5.32 Å². The van der Waals surface area contributed by atoms with Crippen molar-refractivity contribution in [3.63, 3.8) is 0 Å². The number of halogens is 1. The van der Waals surface area contributed by atoms with Crippen molar-refractivity contribution in [1.29, 1.82) is 0 Å². The number of hydrogen-bond donors (Lipinski definition) is 1. The third kappa shape index (κ3) is 3.00. The van der Waals surface area contributed by atoms with Crippen LogP contribution in [-0.2, 0) is 0 Å². The lowest BCUT2D eigenvalue weighted by atomic mass is 10.1. The summed E-state index contributed by atoms with van der Waals surface area (Å²) in [6.45, 7) is 1.92. The van der Waals surface area contributed by atoms with Crippen LogP contribution in [-0.4, -0.2) is 19.1 Å². The molecule has 14 heavy (non-hydrogen) atoms. The van der Waals surface area contributed by atoms with Gasteiger partial charge in [-0.15, -0.1) is 0 Å². The highest BCUT2D eigenvalue weighted by Gasteiger charge is 2.09. The maximum absolute atomic E-state index is 13.1. The fourth-order valence-electron chi connectivity index (χ4n) is 1.48. The number of nitrogens with one attached hydrogen (secondary N) is 1. The van der Waals surface area contributed by atoms with Crippen LogP contribution in [0.4, 0.5) is 4.39 Å². The zero-order valence-corrected chi connectivity index (χ0v) is 9.62. The van der Waals surface area contributed by atoms with E-state index in [-0.39, 0.29) is 11.9 Å². The van der Waals surface area contributed by atoms with Gasteiger partial charge in [-0.25, -0.2) is 4.39 Å². The molecule has 0 saturated carbocycles. The molecule has 1 unspecified atom stereocenters. The van der Waals surface area contributed by atoms with Crippen LogP contribution in [0.5, 0.6) is 0 Å². The molecule has 0 aliphatic heterocycles. The molecule has 0 heterocycles. The topological polar surface area (TPSA) is 12.0 Å². The zero-order chi connectivity index (χ0) is 10.6. The van der Waals surface area contributed by atoms with Crippen LogP contribution in [0.15, 0.2) is 18.2 Å². The molecule has 1 atom stereocenters. The molecule has 1 rings (SSSR count). The summed E-state index contributed by atoms with van der Waals surface area (Å²) in [4.78, 5) is 0. The minimum atomic E-state index is -0.152. The molecule has 0 saturated heterocycles. The molecule has 0 aromatic heterocycles. The first-order valence-corrected chi connectivity index (χ1v) is 6.00. The van der Waals surface area contributed by atoms with Gasteiger partial charge in [0.05, 0.1) is 0 Å². The van der Waals surface area contributed by atoms with Crippen molar-refractivity contribution in [2.24, 2.45) is 0 Å². The predicted molar refractivity (Wildman–Crippen MR) is 61.3 cm³/mol. The lowest BCUT2D eigenvalue weighted by Crippen LogP contribution is -2.18. The van der Waals surface area contributed by atoms with Crippen LogP contribution in [0.3, 0.4) is 0 Å². The second kappa shape index (κ2) is 5.37. The van der Waals surface area contributed by atoms with Crippen molar-refractivity contribution in [3.8, 4) is 0 Å². The predicted octanol–water partition coefficient (Wildman–Crippen LogP) is 2.76. The van der Waals surface area contributed by atoms with Gasteiger partial charge in [-0.2, -0.15) is 11.8 Å². The van der Waals surface area contributed by atoms with E-state index in [2.05, 4.69) is 11.6 Å².